The van der Waals surface area contributed by atoms with Gasteiger partial charge in [0.1, 0.15) is 0 Å². The van der Waals surface area contributed by atoms with Crippen molar-refractivity contribution < 1.29 is 24.4 Å². The van der Waals surface area contributed by atoms with Gasteiger partial charge >= 0.3 is 11.7 Å². The molecule has 2 aromatic rings. The summed E-state index contributed by atoms with van der Waals surface area (Å²) < 4.78 is 5.35. The lowest BCUT2D eigenvalue weighted by Crippen LogP contribution is -2.13. The van der Waals surface area contributed by atoms with Gasteiger partial charge in [-0.1, -0.05) is 12.1 Å². The molecule has 0 heterocycles. The molecule has 0 fully saturated rings. The smallest absolute Gasteiger partial charge is 0.335 e. The van der Waals surface area contributed by atoms with Crippen molar-refractivity contribution in [3.63, 3.8) is 0 Å². The Hall–Kier alpha value is -3.42. The highest BCUT2D eigenvalue weighted by Crippen LogP contribution is 2.25. The Bertz CT molecular complexity index is 773. The lowest BCUT2D eigenvalue weighted by Gasteiger charge is -2.07. The van der Waals surface area contributed by atoms with Crippen molar-refractivity contribution in [3.8, 4) is 5.75 Å². The second-order valence-electron chi connectivity index (χ2n) is 5.11. The molecule has 0 aromatic heterocycles. The third-order valence-electron chi connectivity index (χ3n) is 3.28. The number of para-hydroxylation sites is 2. The number of nitro groups is 1. The zero-order valence-corrected chi connectivity index (χ0v) is 13.2. The molecule has 0 saturated heterocycles. The number of rotatable bonds is 8. The van der Waals surface area contributed by atoms with Crippen LogP contribution in [-0.2, 0) is 4.79 Å². The number of ether oxygens (including phenoxy) is 1. The van der Waals surface area contributed by atoms with Crippen LogP contribution in [0.2, 0.25) is 0 Å². The van der Waals surface area contributed by atoms with E-state index in [1.165, 1.54) is 36.4 Å². The largest absolute Gasteiger partial charge is 0.487 e. The third-order valence-corrected chi connectivity index (χ3v) is 3.28. The molecule has 8 nitrogen and oxygen atoms in total. The maximum atomic E-state index is 11.8. The Balaban J connectivity index is 1.77. The standard InChI is InChI=1S/C17H16N2O6/c20-16(18-13-9-7-12(8-10-13)17(21)22)6-3-11-25-15-5-2-1-4-14(15)19(23)24/h1-2,4-5,7-10H,3,6,11H2,(H,18,20)(H,21,22). The molecule has 0 unspecified atom stereocenters. The fourth-order valence-electron chi connectivity index (χ4n) is 2.06. The van der Waals surface area contributed by atoms with Crippen LogP contribution in [0.15, 0.2) is 48.5 Å². The van der Waals surface area contributed by atoms with Crippen molar-refractivity contribution in [1.82, 2.24) is 0 Å². The Morgan fingerprint density at radius 1 is 1.12 bits per heavy atom. The van der Waals surface area contributed by atoms with Crippen molar-refractivity contribution in [1.29, 1.82) is 0 Å². The number of aromatic carboxylic acids is 1. The average molecular weight is 344 g/mol. The molecule has 2 N–H and O–H groups in total. The fourth-order valence-corrected chi connectivity index (χ4v) is 2.06. The van der Waals surface area contributed by atoms with E-state index in [9.17, 15) is 19.7 Å². The van der Waals surface area contributed by atoms with Crippen LogP contribution >= 0.6 is 0 Å². The maximum Gasteiger partial charge on any atom is 0.335 e. The van der Waals surface area contributed by atoms with Crippen molar-refractivity contribution in [2.75, 3.05) is 11.9 Å². The molecule has 0 spiro atoms. The molecule has 130 valence electrons. The Kier molecular flexibility index (Phi) is 6.05. The first kappa shape index (κ1) is 17.9. The van der Waals surface area contributed by atoms with Crippen LogP contribution in [0.25, 0.3) is 0 Å². The van der Waals surface area contributed by atoms with Gasteiger partial charge in [-0.05, 0) is 36.8 Å². The number of anilines is 1. The first-order chi connectivity index (χ1) is 12.0. The minimum atomic E-state index is -1.04. The zero-order chi connectivity index (χ0) is 18.2. The predicted octanol–water partition coefficient (Wildman–Crippen LogP) is 3.09. The first-order valence-electron chi connectivity index (χ1n) is 7.47. The van der Waals surface area contributed by atoms with E-state index < -0.39 is 10.9 Å². The first-order valence-corrected chi connectivity index (χ1v) is 7.47. The minimum Gasteiger partial charge on any atom is -0.487 e. The van der Waals surface area contributed by atoms with Crippen molar-refractivity contribution in [2.45, 2.75) is 12.8 Å². The zero-order valence-electron chi connectivity index (χ0n) is 13.2. The molecular weight excluding hydrogens is 328 g/mol. The van der Waals surface area contributed by atoms with Gasteiger partial charge in [-0.25, -0.2) is 4.79 Å². The number of nitro benzene ring substituents is 1. The van der Waals surface area contributed by atoms with Crippen LogP contribution in [0.1, 0.15) is 23.2 Å². The van der Waals surface area contributed by atoms with Crippen LogP contribution in [0.5, 0.6) is 5.75 Å². The van der Waals surface area contributed by atoms with Gasteiger partial charge in [-0.15, -0.1) is 0 Å². The van der Waals surface area contributed by atoms with Crippen LogP contribution in [0, 0.1) is 10.1 Å². The Morgan fingerprint density at radius 2 is 1.80 bits per heavy atom. The van der Waals surface area contributed by atoms with Crippen LogP contribution < -0.4 is 10.1 Å². The van der Waals surface area contributed by atoms with E-state index in [1.54, 1.807) is 12.1 Å². The molecule has 25 heavy (non-hydrogen) atoms. The number of benzene rings is 2. The van der Waals surface area contributed by atoms with Crippen molar-refractivity contribution in [3.05, 3.63) is 64.2 Å². The lowest BCUT2D eigenvalue weighted by atomic mass is 10.2. The lowest BCUT2D eigenvalue weighted by molar-refractivity contribution is -0.385. The monoisotopic (exact) mass is 344 g/mol. The quantitative estimate of drug-likeness (QED) is 0.431. The summed E-state index contributed by atoms with van der Waals surface area (Å²) in [5.74, 6) is -1.13. The highest BCUT2D eigenvalue weighted by Gasteiger charge is 2.13. The molecular formula is C17H16N2O6. The van der Waals surface area contributed by atoms with Crippen molar-refractivity contribution in [2.24, 2.45) is 0 Å². The summed E-state index contributed by atoms with van der Waals surface area (Å²) in [6.07, 6.45) is 0.548. The van der Waals surface area contributed by atoms with Gasteiger partial charge < -0.3 is 15.2 Å². The molecule has 2 aromatic carbocycles. The minimum absolute atomic E-state index is 0.120. The molecule has 0 aliphatic carbocycles. The SMILES string of the molecule is O=C(CCCOc1ccccc1[N+](=O)[O-])Nc1ccc(C(=O)O)cc1. The van der Waals surface area contributed by atoms with Gasteiger partial charge in [-0.3, -0.25) is 14.9 Å². The summed E-state index contributed by atoms with van der Waals surface area (Å²) in [5, 5.41) is 22.3. The van der Waals surface area contributed by atoms with E-state index in [0.29, 0.717) is 12.1 Å². The van der Waals surface area contributed by atoms with Crippen LogP contribution in [0.3, 0.4) is 0 Å². The number of carboxylic acid groups (broad SMARTS) is 1. The van der Waals surface area contributed by atoms with Crippen molar-refractivity contribution >= 4 is 23.3 Å². The van der Waals surface area contributed by atoms with Gasteiger partial charge in [-0.2, -0.15) is 0 Å². The normalized spacial score (nSPS) is 10.1. The summed E-state index contributed by atoms with van der Waals surface area (Å²) in [6, 6.07) is 11.8. The van der Waals surface area contributed by atoms with E-state index in [1.807, 2.05) is 0 Å². The van der Waals surface area contributed by atoms with E-state index in [-0.39, 0.29) is 35.9 Å². The van der Waals surface area contributed by atoms with Gasteiger partial charge in [0.05, 0.1) is 17.1 Å². The van der Waals surface area contributed by atoms with E-state index in [4.69, 9.17) is 9.84 Å². The Labute approximate surface area is 143 Å². The van der Waals surface area contributed by atoms with Gasteiger partial charge in [0.25, 0.3) is 0 Å². The molecule has 0 radical (unpaired) electrons. The van der Waals surface area contributed by atoms with E-state index in [0.717, 1.165) is 0 Å². The van der Waals surface area contributed by atoms with Gasteiger partial charge in [0, 0.05) is 18.2 Å². The summed E-state index contributed by atoms with van der Waals surface area (Å²) in [6.45, 7) is 0.163. The summed E-state index contributed by atoms with van der Waals surface area (Å²) in [4.78, 5) is 32.9. The fraction of sp³-hybridized carbons (Fsp3) is 0.176. The molecule has 1 amide bonds. The number of hydrogen-bond donors (Lipinski definition) is 2. The number of nitrogens with zero attached hydrogens (tertiary/aromatic N) is 1. The van der Waals surface area contributed by atoms with Gasteiger partial charge in [0.2, 0.25) is 5.91 Å². The molecule has 0 bridgehead atoms. The number of carboxylic acids is 1. The number of amides is 1. The summed E-state index contributed by atoms with van der Waals surface area (Å²) >= 11 is 0. The van der Waals surface area contributed by atoms with Crippen LogP contribution in [0.4, 0.5) is 11.4 Å². The van der Waals surface area contributed by atoms with Gasteiger partial charge in [0.15, 0.2) is 5.75 Å². The van der Waals surface area contributed by atoms with E-state index >= 15 is 0 Å². The number of nitrogens with one attached hydrogen (secondary N) is 1. The molecule has 0 aliphatic rings. The highest BCUT2D eigenvalue weighted by atomic mass is 16.6. The molecule has 0 atom stereocenters. The molecule has 8 heteroatoms. The second kappa shape index (κ2) is 8.44. The topological polar surface area (TPSA) is 119 Å². The van der Waals surface area contributed by atoms with E-state index in [2.05, 4.69) is 5.32 Å². The third kappa shape index (κ3) is 5.31. The number of hydrogen-bond acceptors (Lipinski definition) is 5. The predicted molar refractivity (Wildman–Crippen MR) is 89.9 cm³/mol. The summed E-state index contributed by atoms with van der Waals surface area (Å²) in [7, 11) is 0. The highest BCUT2D eigenvalue weighted by molar-refractivity contribution is 5.92. The maximum absolute atomic E-state index is 11.8. The number of carbonyl (C=O) groups is 2. The molecule has 0 aliphatic heterocycles. The molecule has 0 saturated carbocycles. The number of carbonyl (C=O) groups excluding carboxylic acids is 1. The Morgan fingerprint density at radius 3 is 2.44 bits per heavy atom. The molecule has 2 rings (SSSR count). The average Bonchev–Trinajstić information content (AvgIpc) is 2.59. The summed E-state index contributed by atoms with van der Waals surface area (Å²) in [5.41, 5.74) is 0.510. The van der Waals surface area contributed by atoms with Crippen LogP contribution in [-0.4, -0.2) is 28.5 Å². The second-order valence-corrected chi connectivity index (χ2v) is 5.11.